The van der Waals surface area contributed by atoms with E-state index in [0.717, 1.165) is 0 Å². The number of hydrogen-bond donors (Lipinski definition) is 4. The van der Waals surface area contributed by atoms with Gasteiger partial charge in [-0.1, -0.05) is 74.5 Å². The van der Waals surface area contributed by atoms with E-state index in [0.29, 0.717) is 35.9 Å². The van der Waals surface area contributed by atoms with Crippen LogP contribution in [-0.2, 0) is 16.0 Å². The third-order valence-electron chi connectivity index (χ3n) is 6.96. The predicted molar refractivity (Wildman–Crippen MR) is 148 cm³/mol. The van der Waals surface area contributed by atoms with E-state index >= 15 is 0 Å². The summed E-state index contributed by atoms with van der Waals surface area (Å²) < 4.78 is 12.8. The molecule has 0 radical (unpaired) electrons. The quantitative estimate of drug-likeness (QED) is 0.231. The second-order valence-electron chi connectivity index (χ2n) is 10.1. The van der Waals surface area contributed by atoms with Gasteiger partial charge < -0.3 is 30.3 Å². The highest BCUT2D eigenvalue weighted by atomic mass is 16.6. The van der Waals surface area contributed by atoms with Crippen LogP contribution in [0.1, 0.15) is 42.9 Å². The third kappa shape index (κ3) is 5.95. The maximum absolute atomic E-state index is 10.8. The summed E-state index contributed by atoms with van der Waals surface area (Å²) in [5.41, 5.74) is 3.45. The SMILES string of the molecule is COCC1OC(n2cnc3c(NCC(c4ccccc4)c4ccccc4)nc(CNC(C)C)nc32)C(O)C1O. The predicted octanol–water partition coefficient (Wildman–Crippen LogP) is 2.83. The van der Waals surface area contributed by atoms with Crippen molar-refractivity contribution in [1.82, 2.24) is 24.8 Å². The van der Waals surface area contributed by atoms with Crippen LogP contribution in [0.3, 0.4) is 0 Å². The summed E-state index contributed by atoms with van der Waals surface area (Å²) in [5.74, 6) is 1.26. The molecule has 4 atom stereocenters. The summed E-state index contributed by atoms with van der Waals surface area (Å²) in [6.45, 7) is 5.32. The fraction of sp³-hybridized carbons (Fsp3) is 0.414. The van der Waals surface area contributed by atoms with Crippen LogP contribution in [0.2, 0.25) is 0 Å². The number of aromatic nitrogens is 4. The fourth-order valence-corrected chi connectivity index (χ4v) is 4.90. The molecule has 2 aromatic heterocycles. The van der Waals surface area contributed by atoms with Gasteiger partial charge in [0.15, 0.2) is 23.2 Å². The van der Waals surface area contributed by atoms with Crippen LogP contribution in [0, 0.1) is 0 Å². The highest BCUT2D eigenvalue weighted by Crippen LogP contribution is 2.33. The van der Waals surface area contributed by atoms with Gasteiger partial charge in [0.25, 0.3) is 0 Å². The number of nitrogens with zero attached hydrogens (tertiary/aromatic N) is 4. The number of ether oxygens (including phenoxy) is 2. The summed E-state index contributed by atoms with van der Waals surface area (Å²) in [7, 11) is 1.53. The Morgan fingerprint density at radius 1 is 0.974 bits per heavy atom. The lowest BCUT2D eigenvalue weighted by molar-refractivity contribution is -0.0580. The normalized spacial score (nSPS) is 21.3. The summed E-state index contributed by atoms with van der Waals surface area (Å²) in [5, 5.41) is 28.2. The number of nitrogens with one attached hydrogen (secondary N) is 2. The molecule has 10 nitrogen and oxygen atoms in total. The Kier molecular flexibility index (Phi) is 8.49. The molecular formula is C29H36N6O4. The average Bonchev–Trinajstić information content (AvgIpc) is 3.49. The smallest absolute Gasteiger partial charge is 0.168 e. The molecule has 0 saturated carbocycles. The lowest BCUT2D eigenvalue weighted by atomic mass is 9.91. The van der Waals surface area contributed by atoms with Crippen molar-refractivity contribution in [2.75, 3.05) is 25.6 Å². The Bertz CT molecular complexity index is 1310. The van der Waals surface area contributed by atoms with Gasteiger partial charge >= 0.3 is 0 Å². The number of aliphatic hydroxyl groups excluding tert-OH is 2. The number of hydrogen-bond acceptors (Lipinski definition) is 9. The van der Waals surface area contributed by atoms with Crippen LogP contribution in [0.25, 0.3) is 11.2 Å². The molecule has 39 heavy (non-hydrogen) atoms. The van der Waals surface area contributed by atoms with Crippen LogP contribution in [-0.4, -0.2) is 74.3 Å². The molecule has 4 N–H and O–H groups in total. The van der Waals surface area contributed by atoms with Crippen molar-refractivity contribution in [3.63, 3.8) is 0 Å². The second-order valence-corrected chi connectivity index (χ2v) is 10.1. The summed E-state index contributed by atoms with van der Waals surface area (Å²) >= 11 is 0. The maximum atomic E-state index is 10.8. The third-order valence-corrected chi connectivity index (χ3v) is 6.96. The maximum Gasteiger partial charge on any atom is 0.168 e. The molecule has 2 aromatic carbocycles. The van der Waals surface area contributed by atoms with E-state index in [1.165, 1.54) is 18.2 Å². The van der Waals surface area contributed by atoms with Crippen molar-refractivity contribution in [2.45, 2.75) is 56.9 Å². The average molecular weight is 533 g/mol. The molecule has 206 valence electrons. The second kappa shape index (κ2) is 12.2. The van der Waals surface area contributed by atoms with Crippen LogP contribution in [0.4, 0.5) is 5.82 Å². The molecule has 1 aliphatic rings. The molecule has 0 bridgehead atoms. The summed E-state index contributed by atoms with van der Waals surface area (Å²) in [4.78, 5) is 14.2. The van der Waals surface area contributed by atoms with Gasteiger partial charge in [0.1, 0.15) is 24.1 Å². The summed E-state index contributed by atoms with van der Waals surface area (Å²) in [6, 6.07) is 21.0. The van der Waals surface area contributed by atoms with Crippen molar-refractivity contribution < 1.29 is 19.7 Å². The monoisotopic (exact) mass is 532 g/mol. The van der Waals surface area contributed by atoms with Gasteiger partial charge in [-0.25, -0.2) is 15.0 Å². The number of aliphatic hydroxyl groups is 2. The minimum absolute atomic E-state index is 0.0849. The van der Waals surface area contributed by atoms with Crippen LogP contribution in [0.5, 0.6) is 0 Å². The first-order valence-electron chi connectivity index (χ1n) is 13.3. The Morgan fingerprint density at radius 2 is 1.64 bits per heavy atom. The number of methoxy groups -OCH3 is 1. The highest BCUT2D eigenvalue weighted by Gasteiger charge is 2.44. The van der Waals surface area contributed by atoms with Crippen molar-refractivity contribution >= 4 is 17.0 Å². The van der Waals surface area contributed by atoms with E-state index < -0.39 is 24.5 Å². The van der Waals surface area contributed by atoms with Crippen molar-refractivity contribution in [3.8, 4) is 0 Å². The van der Waals surface area contributed by atoms with E-state index in [2.05, 4.69) is 53.7 Å². The molecule has 3 heterocycles. The van der Waals surface area contributed by atoms with E-state index in [4.69, 9.17) is 19.4 Å². The number of fused-ring (bicyclic) bond motifs is 1. The Balaban J connectivity index is 1.50. The van der Waals surface area contributed by atoms with Crippen molar-refractivity contribution in [2.24, 2.45) is 0 Å². The van der Waals surface area contributed by atoms with Gasteiger partial charge in [-0.05, 0) is 11.1 Å². The van der Waals surface area contributed by atoms with Gasteiger partial charge in [-0.15, -0.1) is 0 Å². The van der Waals surface area contributed by atoms with Crippen LogP contribution < -0.4 is 10.6 Å². The highest BCUT2D eigenvalue weighted by molar-refractivity contribution is 5.83. The fourth-order valence-electron chi connectivity index (χ4n) is 4.90. The molecule has 1 saturated heterocycles. The standard InChI is InChI=1S/C29H36N6O4/c1-18(2)30-15-23-33-27(31-14-21(19-10-6-4-7-11-19)20-12-8-5-9-13-20)24-28(34-23)35(17-32-24)29-26(37)25(36)22(39-29)16-38-3/h4-13,17-18,21-22,25-26,29-30,36-37H,14-16H2,1-3H3,(H,31,33,34). The molecule has 4 aromatic rings. The lowest BCUT2D eigenvalue weighted by Crippen LogP contribution is -2.33. The first kappa shape index (κ1) is 27.2. The molecule has 1 aliphatic heterocycles. The molecule has 1 fully saturated rings. The summed E-state index contributed by atoms with van der Waals surface area (Å²) in [6.07, 6.45) is -2.20. The van der Waals surface area contributed by atoms with Crippen LogP contribution >= 0.6 is 0 Å². The van der Waals surface area contributed by atoms with Crippen LogP contribution in [0.15, 0.2) is 67.0 Å². The van der Waals surface area contributed by atoms with Gasteiger partial charge in [-0.2, -0.15) is 0 Å². The number of imidazole rings is 1. The van der Waals surface area contributed by atoms with Gasteiger partial charge in [-0.3, -0.25) is 4.57 Å². The van der Waals surface area contributed by atoms with E-state index in [-0.39, 0.29) is 18.6 Å². The number of anilines is 1. The molecule has 10 heteroatoms. The Hall–Kier alpha value is -3.41. The number of benzene rings is 2. The zero-order chi connectivity index (χ0) is 27.4. The minimum atomic E-state index is -1.16. The Morgan fingerprint density at radius 3 is 2.26 bits per heavy atom. The molecule has 4 unspecified atom stereocenters. The first-order valence-corrected chi connectivity index (χ1v) is 13.3. The minimum Gasteiger partial charge on any atom is -0.387 e. The van der Waals surface area contributed by atoms with E-state index in [1.807, 2.05) is 36.4 Å². The van der Waals surface area contributed by atoms with E-state index in [9.17, 15) is 10.2 Å². The molecule has 0 spiro atoms. The van der Waals surface area contributed by atoms with Gasteiger partial charge in [0.2, 0.25) is 0 Å². The largest absolute Gasteiger partial charge is 0.387 e. The van der Waals surface area contributed by atoms with E-state index in [1.54, 1.807) is 10.9 Å². The lowest BCUT2D eigenvalue weighted by Gasteiger charge is -2.20. The zero-order valence-electron chi connectivity index (χ0n) is 22.4. The molecular weight excluding hydrogens is 496 g/mol. The topological polar surface area (TPSA) is 127 Å². The van der Waals surface area contributed by atoms with Crippen molar-refractivity contribution in [3.05, 3.63) is 83.9 Å². The first-order chi connectivity index (χ1) is 19.0. The van der Waals surface area contributed by atoms with Gasteiger partial charge in [0, 0.05) is 25.6 Å². The molecule has 0 amide bonds. The molecule has 5 rings (SSSR count). The Labute approximate surface area is 228 Å². The van der Waals surface area contributed by atoms with Crippen molar-refractivity contribution in [1.29, 1.82) is 0 Å². The van der Waals surface area contributed by atoms with Gasteiger partial charge in [0.05, 0.1) is 19.5 Å². The zero-order valence-corrected chi connectivity index (χ0v) is 22.4. The number of rotatable bonds is 11. The molecule has 0 aliphatic carbocycles.